The molecule has 0 bridgehead atoms. The van der Waals surface area contributed by atoms with Crippen LogP contribution in [0.5, 0.6) is 0 Å². The average molecular weight is 585 g/mol. The number of hydrogen-bond donors (Lipinski definition) is 2. The predicted molar refractivity (Wildman–Crippen MR) is 180 cm³/mol. The molecule has 3 rings (SSSR count). The second-order valence-electron chi connectivity index (χ2n) is 11.6. The first-order valence-electron chi connectivity index (χ1n) is 16.3. The maximum atomic E-state index is 11.8. The number of aryl methyl sites for hydroxylation is 2. The molecule has 0 radical (unpaired) electrons. The van der Waals surface area contributed by atoms with E-state index in [1.165, 1.54) is 43.2 Å². The van der Waals surface area contributed by atoms with Crippen LogP contribution in [0, 0.1) is 5.41 Å². The van der Waals surface area contributed by atoms with Gasteiger partial charge in [0.25, 0.3) is 0 Å². The molecule has 0 atom stereocenters. The fourth-order valence-corrected chi connectivity index (χ4v) is 5.40. The normalized spacial score (nSPS) is 11.7. The van der Waals surface area contributed by atoms with Gasteiger partial charge in [-0.1, -0.05) is 88.6 Å². The van der Waals surface area contributed by atoms with Gasteiger partial charge in [0.15, 0.2) is 0 Å². The highest BCUT2D eigenvalue weighted by molar-refractivity contribution is 5.74. The van der Waals surface area contributed by atoms with Crippen LogP contribution in [0.4, 0.5) is 5.69 Å². The summed E-state index contributed by atoms with van der Waals surface area (Å²) < 4.78 is 5.94. The molecule has 3 aromatic rings. The lowest BCUT2D eigenvalue weighted by atomic mass is 9.79. The van der Waals surface area contributed by atoms with E-state index in [1.54, 1.807) is 0 Å². The van der Waals surface area contributed by atoms with Crippen molar-refractivity contribution in [3.63, 3.8) is 0 Å². The lowest BCUT2D eigenvalue weighted by Gasteiger charge is -2.26. The van der Waals surface area contributed by atoms with Crippen LogP contribution in [-0.2, 0) is 29.0 Å². The first-order chi connectivity index (χ1) is 21.0. The van der Waals surface area contributed by atoms with Gasteiger partial charge in [-0.05, 0) is 98.4 Å². The van der Waals surface area contributed by atoms with Crippen LogP contribution in [0.1, 0.15) is 107 Å². The van der Waals surface area contributed by atoms with Crippen molar-refractivity contribution >= 4 is 23.8 Å². The number of rotatable bonds is 21. The van der Waals surface area contributed by atoms with Crippen molar-refractivity contribution in [3.05, 3.63) is 94.8 Å². The third-order valence-corrected chi connectivity index (χ3v) is 8.50. The lowest BCUT2D eigenvalue weighted by Crippen LogP contribution is -2.31. The van der Waals surface area contributed by atoms with E-state index >= 15 is 0 Å². The van der Waals surface area contributed by atoms with Crippen LogP contribution in [0.2, 0.25) is 0 Å². The Bertz CT molecular complexity index is 1250. The van der Waals surface area contributed by atoms with Crippen molar-refractivity contribution in [2.75, 3.05) is 18.5 Å². The molecule has 0 fully saturated rings. The first-order valence-corrected chi connectivity index (χ1v) is 16.3. The molecule has 0 amide bonds. The molecular weight excluding hydrogens is 532 g/mol. The molecule has 2 aromatic carbocycles. The minimum absolute atomic E-state index is 0.515. The standard InChI is InChI=1S/C38H52N2O3/c1-4-7-8-9-14-31-20-22-32(23-21-31)15-10-11-28-43-30-36-19-13-17-34(40-36)25-24-33-16-12-18-35(29-33)39-27-26-38(5-2,6-3)37(41)42/h12-13,16-25,29,39H,4-11,14-15,26-28,30H2,1-3H3,(H,41,42). The van der Waals surface area contributed by atoms with E-state index < -0.39 is 11.4 Å². The van der Waals surface area contributed by atoms with Crippen molar-refractivity contribution in [2.45, 2.75) is 98.0 Å². The van der Waals surface area contributed by atoms with Crippen LogP contribution in [-0.4, -0.2) is 29.2 Å². The van der Waals surface area contributed by atoms with Crippen LogP contribution in [0.15, 0.2) is 66.7 Å². The molecule has 1 aromatic heterocycles. The average Bonchev–Trinajstić information content (AvgIpc) is 3.03. The van der Waals surface area contributed by atoms with Gasteiger partial charge in [-0.3, -0.25) is 9.78 Å². The van der Waals surface area contributed by atoms with Crippen molar-refractivity contribution in [1.29, 1.82) is 0 Å². The smallest absolute Gasteiger partial charge is 0.309 e. The molecule has 0 spiro atoms. The van der Waals surface area contributed by atoms with Gasteiger partial charge in [-0.25, -0.2) is 0 Å². The number of anilines is 1. The first kappa shape index (κ1) is 34.1. The molecule has 0 aliphatic rings. The Hall–Kier alpha value is -3.44. The molecule has 232 valence electrons. The molecule has 43 heavy (non-hydrogen) atoms. The summed E-state index contributed by atoms with van der Waals surface area (Å²) in [5.74, 6) is -0.708. The van der Waals surface area contributed by atoms with Crippen LogP contribution >= 0.6 is 0 Å². The number of carbonyl (C=O) groups is 1. The van der Waals surface area contributed by atoms with E-state index in [2.05, 4.69) is 54.7 Å². The van der Waals surface area contributed by atoms with Gasteiger partial charge in [0.05, 0.1) is 23.4 Å². The molecule has 0 aliphatic carbocycles. The summed E-state index contributed by atoms with van der Waals surface area (Å²) in [5.41, 5.74) is 6.08. The lowest BCUT2D eigenvalue weighted by molar-refractivity contribution is -0.149. The summed E-state index contributed by atoms with van der Waals surface area (Å²) in [6, 6.07) is 23.4. The molecule has 2 N–H and O–H groups in total. The summed E-state index contributed by atoms with van der Waals surface area (Å²) >= 11 is 0. The van der Waals surface area contributed by atoms with Crippen LogP contribution in [0.25, 0.3) is 12.2 Å². The Kier molecular flexibility index (Phi) is 15.0. The van der Waals surface area contributed by atoms with Gasteiger partial charge in [0.2, 0.25) is 0 Å². The second kappa shape index (κ2) is 19.0. The van der Waals surface area contributed by atoms with Gasteiger partial charge >= 0.3 is 5.97 Å². The molecule has 5 heteroatoms. The zero-order chi connectivity index (χ0) is 30.8. The Labute approximate surface area is 259 Å². The van der Waals surface area contributed by atoms with E-state index in [9.17, 15) is 9.90 Å². The van der Waals surface area contributed by atoms with Crippen LogP contribution in [0.3, 0.4) is 0 Å². The molecule has 0 saturated heterocycles. The molecule has 0 aliphatic heterocycles. The third-order valence-electron chi connectivity index (χ3n) is 8.50. The van der Waals surface area contributed by atoms with Gasteiger partial charge in [0.1, 0.15) is 0 Å². The quantitative estimate of drug-likeness (QED) is 0.122. The van der Waals surface area contributed by atoms with E-state index in [4.69, 9.17) is 9.72 Å². The van der Waals surface area contributed by atoms with E-state index in [1.807, 2.05) is 50.3 Å². The Balaban J connectivity index is 1.38. The van der Waals surface area contributed by atoms with Gasteiger partial charge in [-0.2, -0.15) is 0 Å². The van der Waals surface area contributed by atoms with E-state index in [0.717, 1.165) is 48.5 Å². The van der Waals surface area contributed by atoms with E-state index in [-0.39, 0.29) is 0 Å². The number of aromatic nitrogens is 1. The van der Waals surface area contributed by atoms with Gasteiger partial charge in [0, 0.05) is 18.8 Å². The number of carboxylic acids is 1. The highest BCUT2D eigenvalue weighted by Crippen LogP contribution is 2.31. The third kappa shape index (κ3) is 12.0. The Morgan fingerprint density at radius 1 is 0.860 bits per heavy atom. The fourth-order valence-electron chi connectivity index (χ4n) is 5.40. The topological polar surface area (TPSA) is 71.5 Å². The van der Waals surface area contributed by atoms with Crippen molar-refractivity contribution in [2.24, 2.45) is 5.41 Å². The van der Waals surface area contributed by atoms with Crippen LogP contribution < -0.4 is 5.32 Å². The molecule has 1 heterocycles. The SMILES string of the molecule is CCCCCCc1ccc(CCCCOCc2cccc(C=Cc3cccc(NCCC(CC)(CC)C(=O)O)c3)n2)cc1. The monoisotopic (exact) mass is 584 g/mol. The van der Waals surface area contributed by atoms with E-state index in [0.29, 0.717) is 32.4 Å². The molecular formula is C38H52N2O3. The summed E-state index contributed by atoms with van der Waals surface area (Å²) in [4.78, 5) is 16.5. The summed E-state index contributed by atoms with van der Waals surface area (Å²) in [7, 11) is 0. The van der Waals surface area contributed by atoms with Crippen molar-refractivity contribution in [1.82, 2.24) is 4.98 Å². The zero-order valence-corrected chi connectivity index (χ0v) is 26.6. The number of hydrogen-bond acceptors (Lipinski definition) is 4. The highest BCUT2D eigenvalue weighted by atomic mass is 16.5. The molecule has 0 saturated carbocycles. The van der Waals surface area contributed by atoms with Gasteiger partial charge in [-0.15, -0.1) is 0 Å². The summed E-state index contributed by atoms with van der Waals surface area (Å²) in [6.45, 7) is 8.04. The molecule has 0 unspecified atom stereocenters. The number of aliphatic carboxylic acids is 1. The Morgan fingerprint density at radius 2 is 1.56 bits per heavy atom. The number of nitrogens with one attached hydrogen (secondary N) is 1. The zero-order valence-electron chi connectivity index (χ0n) is 26.6. The number of nitrogens with zero attached hydrogens (tertiary/aromatic N) is 1. The number of benzene rings is 2. The number of unbranched alkanes of at least 4 members (excludes halogenated alkanes) is 4. The van der Waals surface area contributed by atoms with Crippen molar-refractivity contribution in [3.8, 4) is 0 Å². The second-order valence-corrected chi connectivity index (χ2v) is 11.6. The maximum Gasteiger partial charge on any atom is 0.309 e. The minimum atomic E-state index is -0.708. The van der Waals surface area contributed by atoms with Crippen molar-refractivity contribution < 1.29 is 14.6 Å². The summed E-state index contributed by atoms with van der Waals surface area (Å²) in [6.07, 6.45) is 15.6. The minimum Gasteiger partial charge on any atom is -0.481 e. The van der Waals surface area contributed by atoms with Gasteiger partial charge < -0.3 is 15.2 Å². The summed E-state index contributed by atoms with van der Waals surface area (Å²) in [5, 5.41) is 13.1. The Morgan fingerprint density at radius 3 is 2.23 bits per heavy atom. The maximum absolute atomic E-state index is 11.8. The largest absolute Gasteiger partial charge is 0.481 e. The highest BCUT2D eigenvalue weighted by Gasteiger charge is 2.34. The molecule has 5 nitrogen and oxygen atoms in total. The fraction of sp³-hybridized carbons (Fsp3) is 0.474. The number of carboxylic acid groups (broad SMARTS) is 1. The number of pyridine rings is 1. The number of ether oxygens (including phenoxy) is 1. The predicted octanol–water partition coefficient (Wildman–Crippen LogP) is 9.61.